The minimum absolute atomic E-state index is 0.0699. The first-order valence-electron chi connectivity index (χ1n) is 6.76. The van der Waals surface area contributed by atoms with Crippen molar-refractivity contribution in [2.24, 2.45) is 0 Å². The van der Waals surface area contributed by atoms with E-state index >= 15 is 0 Å². The van der Waals surface area contributed by atoms with Crippen LogP contribution in [-0.4, -0.2) is 12.0 Å². The Labute approximate surface area is 149 Å². The number of alkyl halides is 3. The Morgan fingerprint density at radius 3 is 2.42 bits per heavy atom. The van der Waals surface area contributed by atoms with Gasteiger partial charge < -0.3 is 10.1 Å². The van der Waals surface area contributed by atoms with E-state index in [1.165, 1.54) is 13.0 Å². The number of halogens is 5. The summed E-state index contributed by atoms with van der Waals surface area (Å²) in [4.78, 5) is 12.1. The van der Waals surface area contributed by atoms with Crippen LogP contribution in [0.25, 0.3) is 0 Å². The summed E-state index contributed by atoms with van der Waals surface area (Å²) in [7, 11) is 0. The molecule has 0 bridgehead atoms. The molecule has 128 valence electrons. The summed E-state index contributed by atoms with van der Waals surface area (Å²) in [5.41, 5.74) is -1.39. The van der Waals surface area contributed by atoms with Crippen LogP contribution in [0.1, 0.15) is 12.5 Å². The highest BCUT2D eigenvalue weighted by atomic mass is 79.9. The lowest BCUT2D eigenvalue weighted by Crippen LogP contribution is -2.31. The second-order valence-electron chi connectivity index (χ2n) is 4.89. The molecular formula is C16H12BrClF3NO2. The van der Waals surface area contributed by atoms with Crippen LogP contribution in [0.4, 0.5) is 18.9 Å². The van der Waals surface area contributed by atoms with Crippen molar-refractivity contribution < 1.29 is 22.7 Å². The Morgan fingerprint density at radius 2 is 1.83 bits per heavy atom. The zero-order chi connectivity index (χ0) is 17.9. The summed E-state index contributed by atoms with van der Waals surface area (Å²) in [5, 5.41) is 2.15. The van der Waals surface area contributed by atoms with Gasteiger partial charge in [-0.2, -0.15) is 13.2 Å². The highest BCUT2D eigenvalue weighted by molar-refractivity contribution is 9.10. The van der Waals surface area contributed by atoms with Crippen molar-refractivity contribution in [3.05, 3.63) is 57.5 Å². The van der Waals surface area contributed by atoms with Gasteiger partial charge in [-0.1, -0.05) is 27.5 Å². The predicted octanol–water partition coefficient (Wildman–Crippen LogP) is 5.53. The molecule has 0 aliphatic heterocycles. The minimum atomic E-state index is -4.64. The average molecular weight is 423 g/mol. The summed E-state index contributed by atoms with van der Waals surface area (Å²) in [6.07, 6.45) is -5.62. The van der Waals surface area contributed by atoms with Gasteiger partial charge in [-0.15, -0.1) is 0 Å². The van der Waals surface area contributed by atoms with Gasteiger partial charge in [-0.3, -0.25) is 4.79 Å². The molecule has 0 spiro atoms. The van der Waals surface area contributed by atoms with Gasteiger partial charge in [0.05, 0.1) is 11.3 Å². The van der Waals surface area contributed by atoms with Gasteiger partial charge in [-0.05, 0) is 49.4 Å². The Morgan fingerprint density at radius 1 is 1.21 bits per heavy atom. The van der Waals surface area contributed by atoms with Crippen LogP contribution in [0.5, 0.6) is 5.75 Å². The number of nitrogens with one attached hydrogen (secondary N) is 1. The van der Waals surface area contributed by atoms with Gasteiger partial charge in [0.2, 0.25) is 0 Å². The Bertz CT molecular complexity index is 735. The van der Waals surface area contributed by atoms with Crippen LogP contribution >= 0.6 is 27.5 Å². The van der Waals surface area contributed by atoms with Crippen molar-refractivity contribution in [2.75, 3.05) is 5.32 Å². The lowest BCUT2D eigenvalue weighted by atomic mass is 10.1. The number of hydrogen-bond acceptors (Lipinski definition) is 2. The molecule has 0 fully saturated rings. The van der Waals surface area contributed by atoms with E-state index < -0.39 is 23.8 Å². The summed E-state index contributed by atoms with van der Waals surface area (Å²) < 4.78 is 45.3. The van der Waals surface area contributed by atoms with Crippen LogP contribution in [0, 0.1) is 0 Å². The van der Waals surface area contributed by atoms with Gasteiger partial charge >= 0.3 is 6.18 Å². The Kier molecular flexibility index (Phi) is 5.77. The van der Waals surface area contributed by atoms with Gasteiger partial charge in [0.25, 0.3) is 5.91 Å². The first kappa shape index (κ1) is 18.6. The molecule has 3 nitrogen and oxygen atoms in total. The predicted molar refractivity (Wildman–Crippen MR) is 89.3 cm³/mol. The van der Waals surface area contributed by atoms with E-state index in [0.29, 0.717) is 5.75 Å². The summed E-state index contributed by atoms with van der Waals surface area (Å²) >= 11 is 8.87. The normalized spacial score (nSPS) is 12.6. The van der Waals surface area contributed by atoms with Crippen molar-refractivity contribution in [1.29, 1.82) is 0 Å². The van der Waals surface area contributed by atoms with Crippen molar-refractivity contribution in [2.45, 2.75) is 19.2 Å². The minimum Gasteiger partial charge on any atom is -0.481 e. The number of anilines is 1. The van der Waals surface area contributed by atoms with Crippen LogP contribution in [0.3, 0.4) is 0 Å². The van der Waals surface area contributed by atoms with E-state index in [0.717, 1.165) is 16.6 Å². The number of carbonyl (C=O) groups excluding carboxylic acids is 1. The first-order valence-corrected chi connectivity index (χ1v) is 7.94. The smallest absolute Gasteiger partial charge is 0.418 e. The molecule has 0 aromatic heterocycles. The van der Waals surface area contributed by atoms with E-state index in [9.17, 15) is 18.0 Å². The Hall–Kier alpha value is -1.73. The summed E-state index contributed by atoms with van der Waals surface area (Å²) in [6.45, 7) is 1.44. The number of carbonyl (C=O) groups is 1. The van der Waals surface area contributed by atoms with E-state index in [4.69, 9.17) is 16.3 Å². The molecule has 0 radical (unpaired) electrons. The lowest BCUT2D eigenvalue weighted by molar-refractivity contribution is -0.137. The molecule has 0 aliphatic rings. The third-order valence-electron chi connectivity index (χ3n) is 3.04. The topological polar surface area (TPSA) is 38.3 Å². The first-order chi connectivity index (χ1) is 11.2. The second-order valence-corrected chi connectivity index (χ2v) is 6.24. The number of benzene rings is 2. The summed E-state index contributed by atoms with van der Waals surface area (Å²) in [5.74, 6) is -0.279. The van der Waals surface area contributed by atoms with Crippen molar-refractivity contribution in [3.63, 3.8) is 0 Å². The molecule has 1 amide bonds. The van der Waals surface area contributed by atoms with Crippen LogP contribution < -0.4 is 10.1 Å². The summed E-state index contributed by atoms with van der Waals surface area (Å²) in [6, 6.07) is 9.86. The van der Waals surface area contributed by atoms with E-state index in [1.807, 2.05) is 0 Å². The maximum atomic E-state index is 13.0. The monoisotopic (exact) mass is 421 g/mol. The number of amides is 1. The average Bonchev–Trinajstić information content (AvgIpc) is 2.50. The van der Waals surface area contributed by atoms with Gasteiger partial charge in [0.15, 0.2) is 6.10 Å². The molecule has 2 aromatic rings. The number of rotatable bonds is 4. The second kappa shape index (κ2) is 7.44. The van der Waals surface area contributed by atoms with Crippen molar-refractivity contribution in [1.82, 2.24) is 0 Å². The maximum Gasteiger partial charge on any atom is 0.418 e. The molecule has 2 aromatic carbocycles. The molecule has 0 saturated carbocycles. The molecule has 0 saturated heterocycles. The van der Waals surface area contributed by atoms with Crippen molar-refractivity contribution >= 4 is 39.1 Å². The van der Waals surface area contributed by atoms with E-state index in [2.05, 4.69) is 21.2 Å². The van der Waals surface area contributed by atoms with E-state index in [-0.39, 0.29) is 10.7 Å². The molecule has 8 heteroatoms. The largest absolute Gasteiger partial charge is 0.481 e. The number of ether oxygens (including phenoxy) is 1. The highest BCUT2D eigenvalue weighted by Gasteiger charge is 2.34. The van der Waals surface area contributed by atoms with Crippen molar-refractivity contribution in [3.8, 4) is 5.75 Å². The zero-order valence-electron chi connectivity index (χ0n) is 12.3. The van der Waals surface area contributed by atoms with E-state index in [1.54, 1.807) is 24.3 Å². The maximum absolute atomic E-state index is 13.0. The fraction of sp³-hybridized carbons (Fsp3) is 0.188. The fourth-order valence-corrected chi connectivity index (χ4v) is 2.30. The van der Waals surface area contributed by atoms with Crippen LogP contribution in [-0.2, 0) is 11.0 Å². The molecular weight excluding hydrogens is 411 g/mol. The Balaban J connectivity index is 2.13. The lowest BCUT2D eigenvalue weighted by Gasteiger charge is -2.18. The molecule has 2 rings (SSSR count). The highest BCUT2D eigenvalue weighted by Crippen LogP contribution is 2.36. The quantitative estimate of drug-likeness (QED) is 0.704. The fourth-order valence-electron chi connectivity index (χ4n) is 1.87. The van der Waals surface area contributed by atoms with Gasteiger partial charge in [0, 0.05) is 9.50 Å². The molecule has 0 unspecified atom stereocenters. The zero-order valence-corrected chi connectivity index (χ0v) is 14.7. The standard InChI is InChI=1S/C16H12BrClF3NO2/c1-9(24-12-5-2-10(17)3-6-12)15(23)22-14-7-4-11(18)8-13(14)16(19,20)21/h2-9H,1H3,(H,22,23)/t9-/m1/s1. The SMILES string of the molecule is C[C@@H](Oc1ccc(Br)cc1)C(=O)Nc1ccc(Cl)cc1C(F)(F)F. The third-order valence-corrected chi connectivity index (χ3v) is 3.80. The van der Waals surface area contributed by atoms with Gasteiger partial charge in [0.1, 0.15) is 5.75 Å². The molecule has 1 atom stereocenters. The van der Waals surface area contributed by atoms with Crippen LogP contribution in [0.2, 0.25) is 5.02 Å². The molecule has 24 heavy (non-hydrogen) atoms. The molecule has 1 N–H and O–H groups in total. The molecule has 0 aliphatic carbocycles. The van der Waals surface area contributed by atoms with Gasteiger partial charge in [-0.25, -0.2) is 0 Å². The third kappa shape index (κ3) is 4.88. The van der Waals surface area contributed by atoms with Crippen LogP contribution in [0.15, 0.2) is 46.9 Å². The number of hydrogen-bond donors (Lipinski definition) is 1. The molecule has 0 heterocycles.